The molecule has 0 aromatic heterocycles. The van der Waals surface area contributed by atoms with Gasteiger partial charge in [0.15, 0.2) is 6.10 Å². The van der Waals surface area contributed by atoms with Gasteiger partial charge in [-0.1, -0.05) is 25.5 Å². The minimum absolute atomic E-state index is 0.236. The van der Waals surface area contributed by atoms with E-state index in [0.717, 1.165) is 17.6 Å². The molecule has 0 aromatic rings. The molecule has 0 bridgehead atoms. The van der Waals surface area contributed by atoms with Crippen LogP contribution in [0.3, 0.4) is 0 Å². The third-order valence-corrected chi connectivity index (χ3v) is 5.63. The van der Waals surface area contributed by atoms with Crippen molar-refractivity contribution in [3.05, 3.63) is 23.3 Å². The van der Waals surface area contributed by atoms with Gasteiger partial charge < -0.3 is 14.2 Å². The van der Waals surface area contributed by atoms with Crippen molar-refractivity contribution >= 4 is 17.9 Å². The van der Waals surface area contributed by atoms with Crippen LogP contribution in [-0.2, 0) is 28.6 Å². The average Bonchev–Trinajstić information content (AvgIpc) is 2.51. The first-order chi connectivity index (χ1) is 12.5. The molecule has 5 atom stereocenters. The maximum absolute atomic E-state index is 11.6. The fraction of sp³-hybridized carbons (Fsp3) is 0.667. The van der Waals surface area contributed by atoms with Crippen molar-refractivity contribution in [3.8, 4) is 0 Å². The molecule has 2 aliphatic rings. The molecule has 27 heavy (non-hydrogen) atoms. The van der Waals surface area contributed by atoms with Gasteiger partial charge in [-0.15, -0.1) is 0 Å². The smallest absolute Gasteiger partial charge is 0.303 e. The van der Waals surface area contributed by atoms with Crippen LogP contribution in [0.2, 0.25) is 0 Å². The van der Waals surface area contributed by atoms with Crippen LogP contribution in [0.1, 0.15) is 60.8 Å². The maximum Gasteiger partial charge on any atom is 0.303 e. The monoisotopic (exact) mass is 378 g/mol. The van der Waals surface area contributed by atoms with E-state index in [1.54, 1.807) is 0 Å². The second kappa shape index (κ2) is 8.28. The minimum atomic E-state index is -0.594. The van der Waals surface area contributed by atoms with E-state index in [4.69, 9.17) is 14.2 Å². The predicted molar refractivity (Wildman–Crippen MR) is 99.6 cm³/mol. The first-order valence-electron chi connectivity index (χ1n) is 9.45. The molecule has 0 spiro atoms. The summed E-state index contributed by atoms with van der Waals surface area (Å²) in [5, 5.41) is 0. The van der Waals surface area contributed by atoms with E-state index in [0.29, 0.717) is 12.8 Å². The first-order valence-corrected chi connectivity index (χ1v) is 9.45. The highest BCUT2D eigenvalue weighted by molar-refractivity contribution is 5.68. The summed E-state index contributed by atoms with van der Waals surface area (Å²) >= 11 is 0. The molecular weight excluding hydrogens is 348 g/mol. The van der Waals surface area contributed by atoms with E-state index in [1.807, 2.05) is 13.0 Å². The fourth-order valence-corrected chi connectivity index (χ4v) is 4.24. The molecule has 5 unspecified atom stereocenters. The highest BCUT2D eigenvalue weighted by Gasteiger charge is 2.42. The van der Waals surface area contributed by atoms with Gasteiger partial charge in [0.25, 0.3) is 0 Å². The summed E-state index contributed by atoms with van der Waals surface area (Å²) < 4.78 is 16.4. The third-order valence-electron chi connectivity index (χ3n) is 5.63. The van der Waals surface area contributed by atoms with E-state index in [9.17, 15) is 14.4 Å². The number of allylic oxidation sites excluding steroid dienone is 2. The number of ether oxygens (including phenoxy) is 3. The van der Waals surface area contributed by atoms with Crippen molar-refractivity contribution in [1.82, 2.24) is 0 Å². The number of hydrogen-bond acceptors (Lipinski definition) is 6. The number of fused-ring (bicyclic) bond motifs is 1. The van der Waals surface area contributed by atoms with Crippen molar-refractivity contribution in [3.63, 3.8) is 0 Å². The molecular formula is C21H30O6. The maximum atomic E-state index is 11.6. The van der Waals surface area contributed by atoms with Crippen molar-refractivity contribution in [2.24, 2.45) is 11.3 Å². The van der Waals surface area contributed by atoms with Gasteiger partial charge in [0.1, 0.15) is 12.2 Å². The SMILES string of the molecule is CC(=O)OC1C=C2CCC(OC(C)=O)C(OC(C)=O)C(C)=CC2(C)C(C)C1. The normalized spacial score (nSPS) is 33.4. The fourth-order valence-electron chi connectivity index (χ4n) is 4.24. The topological polar surface area (TPSA) is 78.9 Å². The standard InChI is InChI=1S/C21H30O6/c1-12-11-21(6)13(2)9-18(25-14(3)22)10-17(21)7-8-19(26-15(4)23)20(12)27-16(5)24/h10-11,13,18-20H,7-9H2,1-6H3. The summed E-state index contributed by atoms with van der Waals surface area (Å²) in [5.41, 5.74) is 1.79. The summed E-state index contributed by atoms with van der Waals surface area (Å²) in [4.78, 5) is 34.6. The van der Waals surface area contributed by atoms with Crippen LogP contribution < -0.4 is 0 Å². The Morgan fingerprint density at radius 3 is 2.19 bits per heavy atom. The third kappa shape index (κ3) is 4.99. The molecule has 0 heterocycles. The number of carbonyl (C=O) groups is 3. The van der Waals surface area contributed by atoms with Crippen LogP contribution in [0.15, 0.2) is 23.3 Å². The van der Waals surface area contributed by atoms with E-state index in [1.165, 1.54) is 20.8 Å². The van der Waals surface area contributed by atoms with Crippen LogP contribution in [0.5, 0.6) is 0 Å². The molecule has 0 N–H and O–H groups in total. The zero-order chi connectivity index (χ0) is 20.4. The van der Waals surface area contributed by atoms with E-state index in [2.05, 4.69) is 19.9 Å². The lowest BCUT2D eigenvalue weighted by Gasteiger charge is -2.44. The Labute approximate surface area is 160 Å². The first kappa shape index (κ1) is 21.2. The number of carbonyl (C=O) groups excluding carboxylic acids is 3. The molecule has 0 saturated carbocycles. The Morgan fingerprint density at radius 1 is 1.04 bits per heavy atom. The van der Waals surface area contributed by atoms with Crippen LogP contribution >= 0.6 is 0 Å². The lowest BCUT2D eigenvalue weighted by Crippen LogP contribution is -2.41. The van der Waals surface area contributed by atoms with Crippen LogP contribution in [0.4, 0.5) is 0 Å². The number of hydrogen-bond donors (Lipinski definition) is 0. The minimum Gasteiger partial charge on any atom is -0.458 e. The van der Waals surface area contributed by atoms with Crippen molar-refractivity contribution in [1.29, 1.82) is 0 Å². The van der Waals surface area contributed by atoms with Crippen molar-refractivity contribution < 1.29 is 28.6 Å². The molecule has 6 heteroatoms. The predicted octanol–water partition coefficient (Wildman–Crippen LogP) is 3.49. The molecule has 0 amide bonds. The molecule has 2 rings (SSSR count). The molecule has 0 radical (unpaired) electrons. The molecule has 0 aromatic carbocycles. The summed E-state index contributed by atoms with van der Waals surface area (Å²) in [6, 6.07) is 0. The lowest BCUT2D eigenvalue weighted by atomic mass is 9.63. The summed E-state index contributed by atoms with van der Waals surface area (Å²) in [5.74, 6) is -0.868. The van der Waals surface area contributed by atoms with Gasteiger partial charge in [-0.2, -0.15) is 0 Å². The summed E-state index contributed by atoms with van der Waals surface area (Å²) in [6.45, 7) is 10.3. The Bertz CT molecular complexity index is 676. The van der Waals surface area contributed by atoms with Crippen molar-refractivity contribution in [2.45, 2.75) is 79.1 Å². The summed E-state index contributed by atoms with van der Waals surface area (Å²) in [6.07, 6.45) is 4.70. The Balaban J connectivity index is 2.45. The number of rotatable bonds is 3. The van der Waals surface area contributed by atoms with E-state index >= 15 is 0 Å². The van der Waals surface area contributed by atoms with Crippen LogP contribution in [0, 0.1) is 11.3 Å². The highest BCUT2D eigenvalue weighted by atomic mass is 16.6. The van der Waals surface area contributed by atoms with Gasteiger partial charge >= 0.3 is 17.9 Å². The lowest BCUT2D eigenvalue weighted by molar-refractivity contribution is -0.163. The molecule has 0 fully saturated rings. The quantitative estimate of drug-likeness (QED) is 0.425. The average molecular weight is 378 g/mol. The van der Waals surface area contributed by atoms with Crippen LogP contribution in [-0.4, -0.2) is 36.2 Å². The van der Waals surface area contributed by atoms with Gasteiger partial charge in [-0.05, 0) is 43.8 Å². The molecule has 2 aliphatic carbocycles. The molecule has 0 saturated heterocycles. The second-order valence-corrected chi connectivity index (χ2v) is 7.86. The Kier molecular flexibility index (Phi) is 6.50. The zero-order valence-electron chi connectivity index (χ0n) is 17.0. The Morgan fingerprint density at radius 2 is 1.63 bits per heavy atom. The highest BCUT2D eigenvalue weighted by Crippen LogP contribution is 2.48. The zero-order valence-corrected chi connectivity index (χ0v) is 17.0. The summed E-state index contributed by atoms with van der Waals surface area (Å²) in [7, 11) is 0. The van der Waals surface area contributed by atoms with Crippen LogP contribution in [0.25, 0.3) is 0 Å². The largest absolute Gasteiger partial charge is 0.458 e. The van der Waals surface area contributed by atoms with Gasteiger partial charge in [-0.3, -0.25) is 14.4 Å². The Hall–Kier alpha value is -2.11. The molecule has 150 valence electrons. The molecule has 6 nitrogen and oxygen atoms in total. The van der Waals surface area contributed by atoms with Gasteiger partial charge in [0.05, 0.1) is 0 Å². The van der Waals surface area contributed by atoms with Gasteiger partial charge in [-0.25, -0.2) is 0 Å². The second-order valence-electron chi connectivity index (χ2n) is 7.86. The molecule has 0 aliphatic heterocycles. The van der Waals surface area contributed by atoms with E-state index < -0.39 is 24.1 Å². The van der Waals surface area contributed by atoms with Crippen molar-refractivity contribution in [2.75, 3.05) is 0 Å². The van der Waals surface area contributed by atoms with E-state index in [-0.39, 0.29) is 23.4 Å². The van der Waals surface area contributed by atoms with Gasteiger partial charge in [0.2, 0.25) is 0 Å². The number of esters is 3. The van der Waals surface area contributed by atoms with Gasteiger partial charge in [0, 0.05) is 26.2 Å².